The summed E-state index contributed by atoms with van der Waals surface area (Å²) in [6, 6.07) is 3.75. The van der Waals surface area contributed by atoms with Gasteiger partial charge in [-0.25, -0.2) is 0 Å². The van der Waals surface area contributed by atoms with Gasteiger partial charge in [0.25, 0.3) is 0 Å². The molecule has 0 aromatic carbocycles. The first-order chi connectivity index (χ1) is 10.3. The molecule has 0 saturated carbocycles. The Labute approximate surface area is 124 Å². The van der Waals surface area contributed by atoms with Gasteiger partial charge in [-0.3, -0.25) is 9.78 Å². The van der Waals surface area contributed by atoms with Crippen LogP contribution in [0.1, 0.15) is 18.4 Å². The van der Waals surface area contributed by atoms with E-state index in [0.717, 1.165) is 51.3 Å². The van der Waals surface area contributed by atoms with Gasteiger partial charge in [0.15, 0.2) is 0 Å². The van der Waals surface area contributed by atoms with E-state index in [4.69, 9.17) is 0 Å². The number of carbonyl (C=O) groups excluding carboxylic acids is 1. The first-order valence-electron chi connectivity index (χ1n) is 7.41. The van der Waals surface area contributed by atoms with E-state index < -0.39 is 0 Å². The van der Waals surface area contributed by atoms with Gasteiger partial charge in [-0.1, -0.05) is 0 Å². The van der Waals surface area contributed by atoms with Crippen LogP contribution in [0.5, 0.6) is 0 Å². The predicted molar refractivity (Wildman–Crippen MR) is 78.8 cm³/mol. The lowest BCUT2D eigenvalue weighted by Gasteiger charge is -2.33. The average molecular weight is 285 g/mol. The molecule has 0 bridgehead atoms. The lowest BCUT2D eigenvalue weighted by atomic mass is 10.1. The normalized spacial score (nSPS) is 22.1. The summed E-state index contributed by atoms with van der Waals surface area (Å²) in [7, 11) is 0. The van der Waals surface area contributed by atoms with E-state index in [1.807, 2.05) is 4.90 Å². The Morgan fingerprint density at radius 3 is 2.95 bits per heavy atom. The number of nitrogens with one attached hydrogen (secondary N) is 1. The number of pyridine rings is 1. The average Bonchev–Trinajstić information content (AvgIpc) is 3.04. The molecule has 1 unspecified atom stereocenters. The summed E-state index contributed by atoms with van der Waals surface area (Å²) in [5.74, 6) is 0.182. The summed E-state index contributed by atoms with van der Waals surface area (Å²) in [5, 5.41) is 12.5. The molecular weight excluding hydrogens is 266 g/mol. The molecule has 6 nitrogen and oxygen atoms in total. The van der Waals surface area contributed by atoms with Gasteiger partial charge in [-0.2, -0.15) is 5.26 Å². The van der Waals surface area contributed by atoms with Crippen LogP contribution in [0.25, 0.3) is 0 Å². The third kappa shape index (κ3) is 2.69. The monoisotopic (exact) mass is 285 g/mol. The van der Waals surface area contributed by atoms with Gasteiger partial charge in [-0.05, 0) is 18.9 Å². The van der Waals surface area contributed by atoms with Crippen LogP contribution in [0.15, 0.2) is 18.5 Å². The molecule has 0 radical (unpaired) electrons. The van der Waals surface area contributed by atoms with Gasteiger partial charge >= 0.3 is 0 Å². The summed E-state index contributed by atoms with van der Waals surface area (Å²) in [4.78, 5) is 20.8. The molecule has 3 rings (SSSR count). The highest BCUT2D eigenvalue weighted by Crippen LogP contribution is 2.28. The number of nitriles is 1. The van der Waals surface area contributed by atoms with E-state index in [2.05, 4.69) is 21.3 Å². The Hall–Kier alpha value is -2.13. The van der Waals surface area contributed by atoms with Gasteiger partial charge in [0.05, 0.1) is 17.4 Å². The molecule has 2 saturated heterocycles. The van der Waals surface area contributed by atoms with E-state index in [9.17, 15) is 10.1 Å². The first kappa shape index (κ1) is 13.8. The third-order valence-electron chi connectivity index (χ3n) is 4.20. The Bertz CT molecular complexity index is 561. The molecular formula is C15H19N5O. The van der Waals surface area contributed by atoms with Crippen molar-refractivity contribution in [2.75, 3.05) is 37.6 Å². The summed E-state index contributed by atoms with van der Waals surface area (Å²) in [6.45, 7) is 4.05. The lowest BCUT2D eigenvalue weighted by Crippen LogP contribution is -2.52. The van der Waals surface area contributed by atoms with Crippen LogP contribution in [0.2, 0.25) is 0 Å². The highest BCUT2D eigenvalue weighted by molar-refractivity contribution is 5.86. The van der Waals surface area contributed by atoms with Crippen molar-refractivity contribution in [2.24, 2.45) is 0 Å². The second-order valence-electron chi connectivity index (χ2n) is 5.43. The number of rotatable bonds is 2. The number of anilines is 1. The summed E-state index contributed by atoms with van der Waals surface area (Å²) in [6.07, 6.45) is 5.14. The maximum atomic E-state index is 12.7. The molecule has 6 heteroatoms. The Morgan fingerprint density at radius 2 is 2.19 bits per heavy atom. The molecule has 1 N–H and O–H groups in total. The Kier molecular flexibility index (Phi) is 4.02. The quantitative estimate of drug-likeness (QED) is 0.849. The first-order valence-corrected chi connectivity index (χ1v) is 7.41. The van der Waals surface area contributed by atoms with Crippen molar-refractivity contribution >= 4 is 11.6 Å². The number of piperazine rings is 1. The minimum Gasteiger partial charge on any atom is -0.357 e. The highest BCUT2D eigenvalue weighted by Gasteiger charge is 2.35. The van der Waals surface area contributed by atoms with Crippen LogP contribution in [-0.2, 0) is 4.79 Å². The SMILES string of the molecule is N#Cc1ccncc1N1CCCC1C(=O)N1CCNCC1. The second kappa shape index (κ2) is 6.10. The largest absolute Gasteiger partial charge is 0.357 e. The third-order valence-corrected chi connectivity index (χ3v) is 4.20. The van der Waals surface area contributed by atoms with E-state index in [1.54, 1.807) is 18.5 Å². The molecule has 1 atom stereocenters. The van der Waals surface area contributed by atoms with Crippen molar-refractivity contribution in [3.05, 3.63) is 24.0 Å². The number of carbonyl (C=O) groups is 1. The number of amides is 1. The van der Waals surface area contributed by atoms with Gasteiger partial charge in [0, 0.05) is 38.9 Å². The minimum atomic E-state index is -0.153. The topological polar surface area (TPSA) is 72.3 Å². The number of nitrogens with zero attached hydrogens (tertiary/aromatic N) is 4. The molecule has 0 aliphatic carbocycles. The van der Waals surface area contributed by atoms with Crippen LogP contribution >= 0.6 is 0 Å². The zero-order valence-corrected chi connectivity index (χ0v) is 12.0. The molecule has 3 heterocycles. The van der Waals surface area contributed by atoms with Crippen LogP contribution in [0.4, 0.5) is 5.69 Å². The highest BCUT2D eigenvalue weighted by atomic mass is 16.2. The van der Waals surface area contributed by atoms with E-state index in [1.165, 1.54) is 0 Å². The Balaban J connectivity index is 1.82. The number of hydrogen-bond donors (Lipinski definition) is 1. The molecule has 1 aromatic heterocycles. The van der Waals surface area contributed by atoms with Gasteiger partial charge in [-0.15, -0.1) is 0 Å². The molecule has 0 spiro atoms. The van der Waals surface area contributed by atoms with Gasteiger partial charge in [0.1, 0.15) is 12.1 Å². The molecule has 2 fully saturated rings. The fourth-order valence-electron chi connectivity index (χ4n) is 3.12. The van der Waals surface area contributed by atoms with Crippen LogP contribution in [0, 0.1) is 11.3 Å². The molecule has 1 amide bonds. The maximum absolute atomic E-state index is 12.7. The van der Waals surface area contributed by atoms with Crippen molar-refractivity contribution in [1.29, 1.82) is 5.26 Å². The van der Waals surface area contributed by atoms with Gasteiger partial charge in [0.2, 0.25) is 5.91 Å². The lowest BCUT2D eigenvalue weighted by molar-refractivity contribution is -0.132. The molecule has 21 heavy (non-hydrogen) atoms. The minimum absolute atomic E-state index is 0.153. The zero-order chi connectivity index (χ0) is 14.7. The van der Waals surface area contributed by atoms with E-state index in [-0.39, 0.29) is 11.9 Å². The molecule has 1 aromatic rings. The smallest absolute Gasteiger partial charge is 0.245 e. The fraction of sp³-hybridized carbons (Fsp3) is 0.533. The van der Waals surface area contributed by atoms with Crippen LogP contribution < -0.4 is 10.2 Å². The Morgan fingerprint density at radius 1 is 1.38 bits per heavy atom. The van der Waals surface area contributed by atoms with E-state index in [0.29, 0.717) is 5.56 Å². The zero-order valence-electron chi connectivity index (χ0n) is 12.0. The van der Waals surface area contributed by atoms with Crippen molar-refractivity contribution < 1.29 is 4.79 Å². The number of hydrogen-bond acceptors (Lipinski definition) is 5. The van der Waals surface area contributed by atoms with E-state index >= 15 is 0 Å². The standard InChI is InChI=1S/C15H19N5O/c16-10-12-3-4-18-11-14(12)20-7-1-2-13(20)15(21)19-8-5-17-6-9-19/h3-4,11,13,17H,1-2,5-9H2. The number of aromatic nitrogens is 1. The summed E-state index contributed by atoms with van der Waals surface area (Å²) in [5.41, 5.74) is 1.37. The molecule has 2 aliphatic heterocycles. The van der Waals surface area contributed by atoms with Crippen molar-refractivity contribution in [1.82, 2.24) is 15.2 Å². The van der Waals surface area contributed by atoms with Gasteiger partial charge < -0.3 is 15.1 Å². The summed E-state index contributed by atoms with van der Waals surface area (Å²) < 4.78 is 0. The van der Waals surface area contributed by atoms with Crippen LogP contribution in [-0.4, -0.2) is 54.6 Å². The predicted octanol–water partition coefficient (Wildman–Crippen LogP) is 0.354. The maximum Gasteiger partial charge on any atom is 0.245 e. The van der Waals surface area contributed by atoms with Crippen LogP contribution in [0.3, 0.4) is 0 Å². The molecule has 110 valence electrons. The molecule has 2 aliphatic rings. The summed E-state index contributed by atoms with van der Waals surface area (Å²) >= 11 is 0. The fourth-order valence-corrected chi connectivity index (χ4v) is 3.12. The van der Waals surface area contributed by atoms with Crippen molar-refractivity contribution in [3.8, 4) is 6.07 Å². The second-order valence-corrected chi connectivity index (χ2v) is 5.43. The van der Waals surface area contributed by atoms with Crippen molar-refractivity contribution in [2.45, 2.75) is 18.9 Å². The van der Waals surface area contributed by atoms with Crippen molar-refractivity contribution in [3.63, 3.8) is 0 Å².